The number of methoxy groups -OCH3 is 3. The molecule has 1 saturated carbocycles. The number of carbonyl (C=O) groups is 5. The van der Waals surface area contributed by atoms with E-state index in [1.807, 2.05) is 65.0 Å². The van der Waals surface area contributed by atoms with Gasteiger partial charge in [0.2, 0.25) is 5.79 Å². The van der Waals surface area contributed by atoms with Crippen LogP contribution in [0.2, 0.25) is 36.3 Å². The predicted octanol–water partition coefficient (Wildman–Crippen LogP) is 12.2. The van der Waals surface area contributed by atoms with Gasteiger partial charge in [-0.05, 0) is 143 Å². The second kappa shape index (κ2) is 29.0. The molecule has 0 unspecified atom stereocenters. The number of hydrogen-bond acceptors (Lipinski definition) is 13. The molecule has 0 aromatic rings. The molecule has 0 aromatic carbocycles. The van der Waals surface area contributed by atoms with Crippen LogP contribution < -0.4 is 0 Å². The third-order valence-corrected chi connectivity index (χ3v) is 27.9. The minimum absolute atomic E-state index is 0.0337. The molecule has 1 N–H and O–H groups in total. The van der Waals surface area contributed by atoms with Crippen molar-refractivity contribution in [2.24, 2.45) is 35.5 Å². The third-order valence-electron chi connectivity index (χ3n) is 18.9. The van der Waals surface area contributed by atoms with Gasteiger partial charge in [-0.1, -0.05) is 113 Å². The number of cyclic esters (lactones) is 1. The Morgan fingerprint density at radius 3 is 2.00 bits per heavy atom. The fraction of sp³-hybridized carbons (Fsp3) is 0.794. The molecule has 3 aliphatic heterocycles. The summed E-state index contributed by atoms with van der Waals surface area (Å²) in [5.41, 5.74) is 1.60. The molecule has 1 amide bonds. The Morgan fingerprint density at radius 2 is 1.39 bits per heavy atom. The Balaban J connectivity index is 1.80. The monoisotopic (exact) mass is 1140 g/mol. The van der Waals surface area contributed by atoms with Gasteiger partial charge in [0.05, 0.1) is 30.5 Å². The Labute approximate surface area is 479 Å². The van der Waals surface area contributed by atoms with Crippen molar-refractivity contribution < 1.29 is 61.6 Å². The highest BCUT2D eigenvalue weighted by molar-refractivity contribution is 6.74. The number of allylic oxidation sites excluding steroid dienone is 6. The van der Waals surface area contributed by atoms with Crippen molar-refractivity contribution in [2.75, 3.05) is 27.9 Å². The number of carbonyl (C=O) groups excluding carboxylic acids is 5. The quantitative estimate of drug-likeness (QED) is 0.0948. The van der Waals surface area contributed by atoms with Gasteiger partial charge >= 0.3 is 5.97 Å². The Bertz CT molecular complexity index is 2190. The lowest BCUT2D eigenvalue weighted by molar-refractivity contribution is -0.265. The van der Waals surface area contributed by atoms with E-state index in [2.05, 4.69) is 80.7 Å². The summed E-state index contributed by atoms with van der Waals surface area (Å²) >= 11 is 0. The van der Waals surface area contributed by atoms with Crippen LogP contribution in [-0.4, -0.2) is 138 Å². The zero-order chi connectivity index (χ0) is 59.6. The molecule has 0 radical (unpaired) electrons. The van der Waals surface area contributed by atoms with Crippen molar-refractivity contribution >= 4 is 45.9 Å². The van der Waals surface area contributed by atoms with Gasteiger partial charge < -0.3 is 42.5 Å². The van der Waals surface area contributed by atoms with Gasteiger partial charge in [0.25, 0.3) is 11.7 Å². The zero-order valence-electron chi connectivity index (χ0n) is 52.5. The average Bonchev–Trinajstić information content (AvgIpc) is 3.37. The highest BCUT2D eigenvalue weighted by Crippen LogP contribution is 2.43. The number of nitrogens with zero attached hydrogens (tertiary/aromatic N) is 1. The first-order valence-corrected chi connectivity index (χ1v) is 35.6. The third kappa shape index (κ3) is 18.0. The molecule has 0 spiro atoms. The number of hydrogen-bond donors (Lipinski definition) is 1. The van der Waals surface area contributed by atoms with Crippen LogP contribution in [0.25, 0.3) is 0 Å². The zero-order valence-corrected chi connectivity index (χ0v) is 54.5. The van der Waals surface area contributed by atoms with Crippen LogP contribution >= 0.6 is 0 Å². The van der Waals surface area contributed by atoms with Crippen molar-refractivity contribution in [2.45, 2.75) is 258 Å². The molecule has 79 heavy (non-hydrogen) atoms. The average molecular weight is 1140 g/mol. The summed E-state index contributed by atoms with van der Waals surface area (Å²) in [6, 6.07) is -1.12. The van der Waals surface area contributed by atoms with Crippen molar-refractivity contribution in [1.29, 1.82) is 0 Å². The van der Waals surface area contributed by atoms with Gasteiger partial charge in [-0.2, -0.15) is 0 Å². The fourth-order valence-electron chi connectivity index (χ4n) is 11.4. The lowest BCUT2D eigenvalue weighted by Crippen LogP contribution is -2.61. The summed E-state index contributed by atoms with van der Waals surface area (Å²) in [6.07, 6.45) is 14.1. The van der Waals surface area contributed by atoms with E-state index >= 15 is 0 Å². The summed E-state index contributed by atoms with van der Waals surface area (Å²) in [5.74, 6) is -7.30. The molecule has 2 bridgehead atoms. The lowest BCUT2D eigenvalue weighted by Gasteiger charge is -2.44. The van der Waals surface area contributed by atoms with Crippen molar-refractivity contribution in [1.82, 2.24) is 4.90 Å². The van der Waals surface area contributed by atoms with Gasteiger partial charge in [0, 0.05) is 58.5 Å². The maximum atomic E-state index is 14.8. The normalized spacial score (nSPS) is 36.3. The van der Waals surface area contributed by atoms with Crippen LogP contribution in [0.4, 0.5) is 0 Å². The van der Waals surface area contributed by atoms with Gasteiger partial charge in [-0.15, -0.1) is 0 Å². The first kappa shape index (κ1) is 68.6. The number of rotatable bonds is 10. The molecule has 3 fully saturated rings. The first-order valence-electron chi connectivity index (χ1n) is 29.8. The van der Waals surface area contributed by atoms with Crippen molar-refractivity contribution in [3.63, 3.8) is 0 Å². The molecule has 0 aromatic heterocycles. The summed E-state index contributed by atoms with van der Waals surface area (Å²) < 4.78 is 45.0. The van der Waals surface area contributed by atoms with Crippen molar-refractivity contribution in [3.8, 4) is 0 Å². The van der Waals surface area contributed by atoms with E-state index in [9.17, 15) is 29.1 Å². The molecule has 4 rings (SSSR count). The SMILES string of the molecule is CO[C@H]1C[C@@H]2CC[C@@H](C)[C@@](O)(O2)C(=O)C(=O)N2CCCC[C@H]2C(=O)O[C@H]([C@H](C)C[C@@H]2CC[C@@H](O[Si](C)(C)C(C)(C)C)[C@H](OC)C2)CC(=O)[C@H](C)/C=C(\C)[C@@H](O[Si](C)(C)C(C)(C)C)[C@@H](OC)C(=O)[C@H](C)C[C@H](C)/C=C/C=C/C=C/1C. The Kier molecular flexibility index (Phi) is 25.2. The number of piperidine rings is 1. The second-order valence-electron chi connectivity index (χ2n) is 27.3. The van der Waals surface area contributed by atoms with Crippen LogP contribution in [0.1, 0.15) is 167 Å². The van der Waals surface area contributed by atoms with E-state index in [0.29, 0.717) is 50.5 Å². The summed E-state index contributed by atoms with van der Waals surface area (Å²) in [6.45, 7) is 35.5. The fourth-order valence-corrected chi connectivity index (χ4v) is 14.1. The van der Waals surface area contributed by atoms with Crippen LogP contribution in [-0.2, 0) is 56.5 Å². The van der Waals surface area contributed by atoms with E-state index in [4.69, 9.17) is 32.5 Å². The van der Waals surface area contributed by atoms with E-state index in [0.717, 1.165) is 24.8 Å². The molecule has 16 heteroatoms. The van der Waals surface area contributed by atoms with E-state index in [1.54, 1.807) is 28.3 Å². The number of Topliss-reactive ketones (excluding diaryl/α,β-unsaturated/α-hetero) is 3. The molecule has 1 aliphatic carbocycles. The largest absolute Gasteiger partial charge is 0.460 e. The van der Waals surface area contributed by atoms with E-state index in [-0.39, 0.29) is 76.9 Å². The molecular weight excluding hydrogens is 1030 g/mol. The molecule has 4 aliphatic rings. The molecule has 15 atom stereocenters. The van der Waals surface area contributed by atoms with E-state index in [1.165, 1.54) is 4.90 Å². The minimum atomic E-state index is -2.54. The topological polar surface area (TPSA) is 173 Å². The molecule has 2 saturated heterocycles. The Hall–Kier alpha value is -2.94. The number of amides is 1. The standard InChI is InChI=1S/C63H107NO13Si2/c1-40-26-22-21-23-27-41(2)52(71-14)38-48-31-29-46(7)63(70,75-48)58(67)59(68)64-33-25-24-28-49(64)60(69)74-53(43(4)36-47-30-32-51(54(37-47)72-15)76-78(17,18)61(8,9)10)39-50(65)42(3)35-45(6)56(77-79(19,20)62(11,12)13)57(73-16)55(66)44(5)34-40/h21-23,26-27,35,40,42-44,46-49,51-54,56-57,70H,24-25,28-34,36-39H2,1-20H3/b23-21+,26-22+,41-27+,45-35+/t40-,42-,43-,44-,46-,47+,48+,49+,51-,52+,53+,54-,56-,57+,63-/m1/s1. The number of esters is 1. The maximum Gasteiger partial charge on any atom is 0.329 e. The summed E-state index contributed by atoms with van der Waals surface area (Å²) in [7, 11) is 0.243. The van der Waals surface area contributed by atoms with Crippen LogP contribution in [0.15, 0.2) is 47.6 Å². The summed E-state index contributed by atoms with van der Waals surface area (Å²) in [4.78, 5) is 74.5. The number of ketones is 3. The smallest absolute Gasteiger partial charge is 0.329 e. The Morgan fingerprint density at radius 1 is 0.747 bits per heavy atom. The minimum Gasteiger partial charge on any atom is -0.460 e. The number of fused-ring (bicyclic) bond motifs is 3. The second-order valence-corrected chi connectivity index (χ2v) is 36.8. The van der Waals surface area contributed by atoms with Crippen LogP contribution in [0.5, 0.6) is 0 Å². The highest BCUT2D eigenvalue weighted by Gasteiger charge is 2.53. The number of aliphatic hydroxyl groups is 1. The van der Waals surface area contributed by atoms with Gasteiger partial charge in [0.15, 0.2) is 22.4 Å². The highest BCUT2D eigenvalue weighted by atomic mass is 28.4. The predicted molar refractivity (Wildman–Crippen MR) is 317 cm³/mol. The molecule has 450 valence electrons. The lowest BCUT2D eigenvalue weighted by atomic mass is 9.78. The van der Waals surface area contributed by atoms with Gasteiger partial charge in [-0.3, -0.25) is 19.2 Å². The van der Waals surface area contributed by atoms with Crippen LogP contribution in [0, 0.1) is 35.5 Å². The molecule has 14 nitrogen and oxygen atoms in total. The maximum absolute atomic E-state index is 14.8. The van der Waals surface area contributed by atoms with Gasteiger partial charge in [-0.25, -0.2) is 4.79 Å². The molecule has 3 heterocycles. The number of ether oxygens (including phenoxy) is 5. The summed E-state index contributed by atoms with van der Waals surface area (Å²) in [5, 5.41) is 12.0. The van der Waals surface area contributed by atoms with E-state index < -0.39 is 88.5 Å². The van der Waals surface area contributed by atoms with Crippen LogP contribution in [0.3, 0.4) is 0 Å². The van der Waals surface area contributed by atoms with Gasteiger partial charge in [0.1, 0.15) is 24.0 Å². The first-order chi connectivity index (χ1) is 36.6. The van der Waals surface area contributed by atoms with Crippen molar-refractivity contribution in [3.05, 3.63) is 47.6 Å². The molecular formula is C63H107NO13Si2.